The quantitative estimate of drug-likeness (QED) is 0.671. The van der Waals surface area contributed by atoms with Crippen LogP contribution >= 0.6 is 15.9 Å². The second-order valence-electron chi connectivity index (χ2n) is 5.10. The summed E-state index contributed by atoms with van der Waals surface area (Å²) in [7, 11) is -3.54. The van der Waals surface area contributed by atoms with Crippen LogP contribution in [-0.2, 0) is 10.0 Å². The minimum atomic E-state index is -3.54. The number of hydrogen-bond donors (Lipinski definition) is 1. The SMILES string of the molecule is CCCCCCN(CCO)S(=O)(=O)c1ccc(Br)c(C)c1. The molecule has 0 spiro atoms. The summed E-state index contributed by atoms with van der Waals surface area (Å²) < 4.78 is 27.6. The third-order valence-corrected chi connectivity index (χ3v) is 6.16. The summed E-state index contributed by atoms with van der Waals surface area (Å²) in [5.41, 5.74) is 0.881. The third-order valence-electron chi connectivity index (χ3n) is 3.38. The number of rotatable bonds is 9. The van der Waals surface area contributed by atoms with Crippen molar-refractivity contribution in [1.82, 2.24) is 4.31 Å². The van der Waals surface area contributed by atoms with Gasteiger partial charge in [-0.15, -0.1) is 0 Å². The lowest BCUT2D eigenvalue weighted by molar-refractivity contribution is 0.251. The minimum Gasteiger partial charge on any atom is -0.395 e. The van der Waals surface area contributed by atoms with Crippen molar-refractivity contribution in [3.8, 4) is 0 Å². The van der Waals surface area contributed by atoms with Crippen molar-refractivity contribution >= 4 is 26.0 Å². The first-order valence-electron chi connectivity index (χ1n) is 7.30. The van der Waals surface area contributed by atoms with Crippen LogP contribution in [0.15, 0.2) is 27.6 Å². The van der Waals surface area contributed by atoms with E-state index in [1.54, 1.807) is 18.2 Å². The first-order chi connectivity index (χ1) is 9.93. The lowest BCUT2D eigenvalue weighted by Gasteiger charge is -2.21. The molecule has 0 aliphatic carbocycles. The van der Waals surface area contributed by atoms with Gasteiger partial charge < -0.3 is 5.11 Å². The van der Waals surface area contributed by atoms with Crippen molar-refractivity contribution in [2.45, 2.75) is 44.4 Å². The fourth-order valence-corrected chi connectivity index (χ4v) is 3.91. The van der Waals surface area contributed by atoms with Crippen molar-refractivity contribution in [3.05, 3.63) is 28.2 Å². The monoisotopic (exact) mass is 377 g/mol. The molecule has 4 nitrogen and oxygen atoms in total. The van der Waals surface area contributed by atoms with Crippen LogP contribution in [-0.4, -0.2) is 37.5 Å². The topological polar surface area (TPSA) is 57.6 Å². The fourth-order valence-electron chi connectivity index (χ4n) is 2.11. The van der Waals surface area contributed by atoms with Crippen LogP contribution in [0.1, 0.15) is 38.2 Å². The molecule has 0 amide bonds. The second-order valence-corrected chi connectivity index (χ2v) is 7.89. The molecule has 1 N–H and O–H groups in total. The van der Waals surface area contributed by atoms with Gasteiger partial charge in [-0.25, -0.2) is 8.42 Å². The van der Waals surface area contributed by atoms with E-state index in [1.807, 2.05) is 6.92 Å². The zero-order chi connectivity index (χ0) is 15.9. The van der Waals surface area contributed by atoms with Gasteiger partial charge in [0.25, 0.3) is 0 Å². The van der Waals surface area contributed by atoms with Gasteiger partial charge in [-0.3, -0.25) is 0 Å². The second kappa shape index (κ2) is 8.88. The highest BCUT2D eigenvalue weighted by molar-refractivity contribution is 9.10. The van der Waals surface area contributed by atoms with E-state index in [4.69, 9.17) is 5.11 Å². The molecule has 6 heteroatoms. The van der Waals surface area contributed by atoms with Crippen LogP contribution in [0.2, 0.25) is 0 Å². The molecule has 0 unspecified atom stereocenters. The maximum absolute atomic E-state index is 12.6. The molecule has 1 rings (SSSR count). The van der Waals surface area contributed by atoms with Crippen LogP contribution in [0.5, 0.6) is 0 Å². The molecule has 0 atom stereocenters. The predicted octanol–water partition coefficient (Wildman–Crippen LogP) is 3.32. The zero-order valence-corrected chi connectivity index (χ0v) is 15.1. The van der Waals surface area contributed by atoms with Crippen molar-refractivity contribution in [2.24, 2.45) is 0 Å². The van der Waals surface area contributed by atoms with E-state index >= 15 is 0 Å². The molecule has 1 aromatic rings. The Kier molecular flexibility index (Phi) is 7.87. The Balaban J connectivity index is 2.90. The van der Waals surface area contributed by atoms with E-state index < -0.39 is 10.0 Å². The molecule has 0 bridgehead atoms. The van der Waals surface area contributed by atoms with Gasteiger partial charge in [-0.05, 0) is 37.1 Å². The van der Waals surface area contributed by atoms with Gasteiger partial charge in [0, 0.05) is 17.6 Å². The number of unbranched alkanes of at least 4 members (excludes halogenated alkanes) is 3. The van der Waals surface area contributed by atoms with Gasteiger partial charge in [0.1, 0.15) is 0 Å². The highest BCUT2D eigenvalue weighted by Gasteiger charge is 2.23. The number of aliphatic hydroxyl groups is 1. The maximum atomic E-state index is 12.6. The Bertz CT molecular complexity index is 546. The predicted molar refractivity (Wildman–Crippen MR) is 88.9 cm³/mol. The number of halogens is 1. The molecule has 0 fully saturated rings. The Morgan fingerprint density at radius 1 is 1.19 bits per heavy atom. The van der Waals surface area contributed by atoms with Crippen LogP contribution in [0.4, 0.5) is 0 Å². The highest BCUT2D eigenvalue weighted by Crippen LogP contribution is 2.23. The molecule has 1 aromatic carbocycles. The highest BCUT2D eigenvalue weighted by atomic mass is 79.9. The molecule has 0 saturated heterocycles. The molecule has 21 heavy (non-hydrogen) atoms. The largest absolute Gasteiger partial charge is 0.395 e. The van der Waals surface area contributed by atoms with Gasteiger partial charge in [-0.2, -0.15) is 4.31 Å². The lowest BCUT2D eigenvalue weighted by Crippen LogP contribution is -2.34. The molecule has 0 aliphatic rings. The van der Waals surface area contributed by atoms with Gasteiger partial charge in [0.2, 0.25) is 10.0 Å². The van der Waals surface area contributed by atoms with E-state index in [2.05, 4.69) is 22.9 Å². The van der Waals surface area contributed by atoms with Crippen molar-refractivity contribution in [1.29, 1.82) is 0 Å². The summed E-state index contributed by atoms with van der Waals surface area (Å²) in [6.45, 7) is 4.41. The molecule has 120 valence electrons. The smallest absolute Gasteiger partial charge is 0.243 e. The molecule has 0 radical (unpaired) electrons. The Labute approximate surface area is 136 Å². The summed E-state index contributed by atoms with van der Waals surface area (Å²) in [5.74, 6) is 0. The zero-order valence-electron chi connectivity index (χ0n) is 12.7. The number of aryl methyl sites for hydroxylation is 1. The number of aliphatic hydroxyl groups excluding tert-OH is 1. The number of sulfonamides is 1. The van der Waals surface area contributed by atoms with Crippen LogP contribution in [0.3, 0.4) is 0 Å². The van der Waals surface area contributed by atoms with E-state index in [1.165, 1.54) is 4.31 Å². The summed E-state index contributed by atoms with van der Waals surface area (Å²) in [6.07, 6.45) is 4.04. The maximum Gasteiger partial charge on any atom is 0.243 e. The normalized spacial score (nSPS) is 12.0. The molecule has 0 heterocycles. The molecule has 0 aliphatic heterocycles. The molecular formula is C15H24BrNO3S. The average molecular weight is 378 g/mol. The minimum absolute atomic E-state index is 0.142. The van der Waals surface area contributed by atoms with Crippen LogP contribution in [0.25, 0.3) is 0 Å². The first kappa shape index (κ1) is 18.6. The van der Waals surface area contributed by atoms with E-state index in [0.29, 0.717) is 6.54 Å². The Morgan fingerprint density at radius 3 is 2.48 bits per heavy atom. The standard InChI is InChI=1S/C15H24BrNO3S/c1-3-4-5-6-9-17(10-11-18)21(19,20)14-7-8-15(16)13(2)12-14/h7-8,12,18H,3-6,9-11H2,1-2H3. The van der Waals surface area contributed by atoms with E-state index in [0.717, 1.165) is 35.7 Å². The van der Waals surface area contributed by atoms with Crippen molar-refractivity contribution < 1.29 is 13.5 Å². The fraction of sp³-hybridized carbons (Fsp3) is 0.600. The van der Waals surface area contributed by atoms with Gasteiger partial charge >= 0.3 is 0 Å². The number of hydrogen-bond acceptors (Lipinski definition) is 3. The average Bonchev–Trinajstić information content (AvgIpc) is 2.45. The third kappa shape index (κ3) is 5.36. The Morgan fingerprint density at radius 2 is 1.90 bits per heavy atom. The molecule has 0 aromatic heterocycles. The van der Waals surface area contributed by atoms with E-state index in [-0.39, 0.29) is 18.0 Å². The van der Waals surface area contributed by atoms with Gasteiger partial charge in [0.05, 0.1) is 11.5 Å². The van der Waals surface area contributed by atoms with Crippen molar-refractivity contribution in [3.63, 3.8) is 0 Å². The van der Waals surface area contributed by atoms with Gasteiger partial charge in [-0.1, -0.05) is 42.1 Å². The van der Waals surface area contributed by atoms with Crippen LogP contribution in [0, 0.1) is 6.92 Å². The Hall–Kier alpha value is -0.430. The lowest BCUT2D eigenvalue weighted by atomic mass is 10.2. The molecule has 0 saturated carbocycles. The number of benzene rings is 1. The van der Waals surface area contributed by atoms with E-state index in [9.17, 15) is 8.42 Å². The summed E-state index contributed by atoms with van der Waals surface area (Å²) >= 11 is 3.37. The summed E-state index contributed by atoms with van der Waals surface area (Å²) in [6, 6.07) is 5.01. The summed E-state index contributed by atoms with van der Waals surface area (Å²) in [5, 5.41) is 9.13. The first-order valence-corrected chi connectivity index (χ1v) is 9.54. The summed E-state index contributed by atoms with van der Waals surface area (Å²) in [4.78, 5) is 0.284. The van der Waals surface area contributed by atoms with Crippen LogP contribution < -0.4 is 0 Å². The van der Waals surface area contributed by atoms with Crippen molar-refractivity contribution in [2.75, 3.05) is 19.7 Å². The number of nitrogens with zero attached hydrogens (tertiary/aromatic N) is 1. The van der Waals surface area contributed by atoms with Gasteiger partial charge in [0.15, 0.2) is 0 Å². The molecular weight excluding hydrogens is 354 g/mol.